The van der Waals surface area contributed by atoms with Crippen molar-refractivity contribution in [3.63, 3.8) is 0 Å². The number of anilines is 1. The Kier molecular flexibility index (Phi) is 1.43. The Morgan fingerprint density at radius 1 is 1.54 bits per heavy atom. The first-order valence-electron chi connectivity index (χ1n) is 4.21. The van der Waals surface area contributed by atoms with E-state index in [0.717, 1.165) is 24.5 Å². The molecule has 0 amide bonds. The summed E-state index contributed by atoms with van der Waals surface area (Å²) in [5, 5.41) is 9.27. The molecule has 13 heavy (non-hydrogen) atoms. The summed E-state index contributed by atoms with van der Waals surface area (Å²) in [4.78, 5) is 1.19. The molecule has 3 heterocycles. The monoisotopic (exact) mass is 192 g/mol. The topological polar surface area (TPSA) is 38.1 Å². The van der Waals surface area contributed by atoms with Crippen molar-refractivity contribution in [2.24, 2.45) is 0 Å². The van der Waals surface area contributed by atoms with Crippen LogP contribution in [0.15, 0.2) is 22.0 Å². The van der Waals surface area contributed by atoms with Crippen LogP contribution in [0.3, 0.4) is 0 Å². The van der Waals surface area contributed by atoms with Crippen molar-refractivity contribution in [1.82, 2.24) is 5.16 Å². The third-order valence-electron chi connectivity index (χ3n) is 2.20. The van der Waals surface area contributed by atoms with Crippen LogP contribution >= 0.6 is 11.3 Å². The van der Waals surface area contributed by atoms with Crippen LogP contribution in [0.4, 0.5) is 5.88 Å². The number of fused-ring (bicyclic) bond motifs is 1. The highest BCUT2D eigenvalue weighted by atomic mass is 32.1. The molecule has 1 N–H and O–H groups in total. The fraction of sp³-hybridized carbons (Fsp3) is 0.222. The molecular weight excluding hydrogens is 184 g/mol. The Balaban J connectivity index is 2.16. The Morgan fingerprint density at radius 2 is 2.54 bits per heavy atom. The van der Waals surface area contributed by atoms with Gasteiger partial charge >= 0.3 is 0 Å². The molecule has 0 bridgehead atoms. The highest BCUT2D eigenvalue weighted by Gasteiger charge is 2.21. The summed E-state index contributed by atoms with van der Waals surface area (Å²) in [6.07, 6.45) is 1.02. The van der Waals surface area contributed by atoms with Gasteiger partial charge in [-0.25, -0.2) is 0 Å². The Morgan fingerprint density at radius 3 is 3.38 bits per heavy atom. The van der Waals surface area contributed by atoms with Gasteiger partial charge in [0.2, 0.25) is 5.88 Å². The van der Waals surface area contributed by atoms with Crippen LogP contribution in [0.5, 0.6) is 0 Å². The molecule has 3 nitrogen and oxygen atoms in total. The normalized spacial score (nSPS) is 14.2. The maximum absolute atomic E-state index is 5.18. The van der Waals surface area contributed by atoms with Crippen molar-refractivity contribution >= 4 is 17.2 Å². The number of hydrogen-bond acceptors (Lipinski definition) is 4. The average molecular weight is 192 g/mol. The van der Waals surface area contributed by atoms with Gasteiger partial charge in [-0.05, 0) is 17.9 Å². The van der Waals surface area contributed by atoms with Crippen molar-refractivity contribution < 1.29 is 4.52 Å². The lowest BCUT2D eigenvalue weighted by Gasteiger charge is -1.90. The van der Waals surface area contributed by atoms with Crippen molar-refractivity contribution in [3.8, 4) is 10.6 Å². The molecule has 0 aliphatic carbocycles. The molecule has 66 valence electrons. The zero-order chi connectivity index (χ0) is 8.67. The van der Waals surface area contributed by atoms with Gasteiger partial charge in [0.15, 0.2) is 0 Å². The molecule has 0 saturated heterocycles. The van der Waals surface area contributed by atoms with Crippen LogP contribution < -0.4 is 5.32 Å². The zero-order valence-electron chi connectivity index (χ0n) is 6.91. The minimum Gasteiger partial charge on any atom is -0.353 e. The van der Waals surface area contributed by atoms with E-state index in [1.54, 1.807) is 11.3 Å². The second-order valence-corrected chi connectivity index (χ2v) is 3.94. The van der Waals surface area contributed by atoms with Crippen molar-refractivity contribution in [3.05, 3.63) is 23.1 Å². The van der Waals surface area contributed by atoms with E-state index in [0.29, 0.717) is 0 Å². The van der Waals surface area contributed by atoms with Gasteiger partial charge in [-0.1, -0.05) is 11.2 Å². The average Bonchev–Trinajstić information content (AvgIpc) is 2.79. The lowest BCUT2D eigenvalue weighted by atomic mass is 10.2. The predicted octanol–water partition coefficient (Wildman–Crippen LogP) is 2.37. The van der Waals surface area contributed by atoms with E-state index in [4.69, 9.17) is 4.52 Å². The summed E-state index contributed by atoms with van der Waals surface area (Å²) in [6.45, 7) is 0.967. The smallest absolute Gasteiger partial charge is 0.228 e. The summed E-state index contributed by atoms with van der Waals surface area (Å²) < 4.78 is 5.18. The zero-order valence-corrected chi connectivity index (χ0v) is 7.73. The summed E-state index contributed by atoms with van der Waals surface area (Å²) in [5.74, 6) is 0.850. The van der Waals surface area contributed by atoms with Crippen molar-refractivity contribution in [2.75, 3.05) is 11.9 Å². The lowest BCUT2D eigenvalue weighted by Crippen LogP contribution is -1.92. The van der Waals surface area contributed by atoms with Crippen LogP contribution in [0.2, 0.25) is 0 Å². The Labute approximate surface area is 79.4 Å². The summed E-state index contributed by atoms with van der Waals surface area (Å²) in [7, 11) is 0. The molecule has 0 unspecified atom stereocenters. The van der Waals surface area contributed by atoms with E-state index in [1.807, 2.05) is 6.07 Å². The molecule has 2 aromatic rings. The molecule has 4 heteroatoms. The Hall–Kier alpha value is -1.29. The Bertz CT molecular complexity index is 419. The number of nitrogens with one attached hydrogen (secondary N) is 1. The number of rotatable bonds is 1. The van der Waals surface area contributed by atoms with E-state index >= 15 is 0 Å². The van der Waals surface area contributed by atoms with Gasteiger partial charge in [-0.15, -0.1) is 11.3 Å². The van der Waals surface area contributed by atoms with E-state index in [-0.39, 0.29) is 0 Å². The number of aromatic nitrogens is 1. The molecule has 3 rings (SSSR count). The molecule has 0 atom stereocenters. The second kappa shape index (κ2) is 2.60. The molecule has 0 radical (unpaired) electrons. The number of thiophene rings is 1. The fourth-order valence-corrected chi connectivity index (χ4v) is 2.32. The molecular formula is C9H8N2OS. The highest BCUT2D eigenvalue weighted by Crippen LogP contribution is 2.34. The van der Waals surface area contributed by atoms with Gasteiger partial charge in [0, 0.05) is 12.1 Å². The van der Waals surface area contributed by atoms with E-state index in [2.05, 4.69) is 21.9 Å². The van der Waals surface area contributed by atoms with Gasteiger partial charge in [-0.2, -0.15) is 0 Å². The molecule has 0 aromatic carbocycles. The maximum atomic E-state index is 5.18. The highest BCUT2D eigenvalue weighted by molar-refractivity contribution is 7.13. The molecule has 1 aliphatic rings. The second-order valence-electron chi connectivity index (χ2n) is 2.99. The third-order valence-corrected chi connectivity index (χ3v) is 3.08. The molecule has 0 fully saturated rings. The van der Waals surface area contributed by atoms with Crippen LogP contribution in [0.1, 0.15) is 5.56 Å². The SMILES string of the molecule is c1csc(-c2noc3c2CCN3)c1. The molecule has 0 saturated carbocycles. The van der Waals surface area contributed by atoms with Crippen LogP contribution in [0.25, 0.3) is 10.6 Å². The maximum Gasteiger partial charge on any atom is 0.228 e. The summed E-state index contributed by atoms with van der Waals surface area (Å²) in [6, 6.07) is 4.10. The van der Waals surface area contributed by atoms with Gasteiger partial charge in [0.05, 0.1) is 4.88 Å². The van der Waals surface area contributed by atoms with Gasteiger partial charge < -0.3 is 9.84 Å². The lowest BCUT2D eigenvalue weighted by molar-refractivity contribution is 0.437. The molecule has 0 spiro atoms. The van der Waals surface area contributed by atoms with E-state index in [9.17, 15) is 0 Å². The van der Waals surface area contributed by atoms with Crippen LogP contribution in [0, 0.1) is 0 Å². The fourth-order valence-electron chi connectivity index (χ4n) is 1.59. The van der Waals surface area contributed by atoms with Crippen LogP contribution in [-0.4, -0.2) is 11.7 Å². The minimum atomic E-state index is 0.850. The van der Waals surface area contributed by atoms with E-state index in [1.165, 1.54) is 10.4 Å². The van der Waals surface area contributed by atoms with Gasteiger partial charge in [0.25, 0.3) is 0 Å². The van der Waals surface area contributed by atoms with Crippen molar-refractivity contribution in [2.45, 2.75) is 6.42 Å². The van der Waals surface area contributed by atoms with Crippen LogP contribution in [-0.2, 0) is 6.42 Å². The first kappa shape index (κ1) is 7.15. The van der Waals surface area contributed by atoms with Gasteiger partial charge in [0.1, 0.15) is 5.69 Å². The van der Waals surface area contributed by atoms with E-state index < -0.39 is 0 Å². The predicted molar refractivity (Wildman–Crippen MR) is 52.0 cm³/mol. The first-order valence-corrected chi connectivity index (χ1v) is 5.09. The molecule has 2 aromatic heterocycles. The minimum absolute atomic E-state index is 0.850. The first-order chi connectivity index (χ1) is 6.45. The third kappa shape index (κ3) is 0.986. The largest absolute Gasteiger partial charge is 0.353 e. The number of nitrogens with zero attached hydrogens (tertiary/aromatic N) is 1. The standard InChI is InChI=1S/C9H8N2OS/c1-2-7(13-5-1)8-6-3-4-10-9(6)12-11-8/h1-2,5,10H,3-4H2. The quantitative estimate of drug-likeness (QED) is 0.753. The summed E-state index contributed by atoms with van der Waals surface area (Å²) in [5.41, 5.74) is 2.23. The summed E-state index contributed by atoms with van der Waals surface area (Å²) >= 11 is 1.70. The van der Waals surface area contributed by atoms with Crippen molar-refractivity contribution in [1.29, 1.82) is 0 Å². The molecule has 1 aliphatic heterocycles. The van der Waals surface area contributed by atoms with Gasteiger partial charge in [-0.3, -0.25) is 0 Å². The number of hydrogen-bond donors (Lipinski definition) is 1.